The van der Waals surface area contributed by atoms with Crippen LogP contribution in [0.25, 0.3) is 0 Å². The molecule has 1 aromatic carbocycles. The standard InChI is InChI=1S/C15H18N4O2/c1-17-11(9-14(20)18(2)15(17)21)10-19-8-7-16-12-5-3-4-6-13(12)19/h3-6,9,16H,7-8,10H2,1-2H3. The first-order chi connectivity index (χ1) is 10.1. The molecule has 1 aliphatic rings. The van der Waals surface area contributed by atoms with Crippen LogP contribution in [0.2, 0.25) is 0 Å². The first-order valence-electron chi connectivity index (χ1n) is 6.91. The molecule has 0 saturated carbocycles. The largest absolute Gasteiger partial charge is 0.382 e. The van der Waals surface area contributed by atoms with Crippen LogP contribution in [0.15, 0.2) is 39.9 Å². The summed E-state index contributed by atoms with van der Waals surface area (Å²) in [6.45, 7) is 2.22. The lowest BCUT2D eigenvalue weighted by Gasteiger charge is -2.32. The molecule has 0 amide bonds. The number of nitrogens with one attached hydrogen (secondary N) is 1. The number of fused-ring (bicyclic) bond motifs is 1. The number of hydrogen-bond acceptors (Lipinski definition) is 4. The van der Waals surface area contributed by atoms with Gasteiger partial charge in [0.15, 0.2) is 0 Å². The van der Waals surface area contributed by atoms with Crippen molar-refractivity contribution in [1.29, 1.82) is 0 Å². The zero-order valence-electron chi connectivity index (χ0n) is 12.2. The van der Waals surface area contributed by atoms with E-state index in [0.717, 1.165) is 34.7 Å². The number of benzene rings is 1. The summed E-state index contributed by atoms with van der Waals surface area (Å²) in [6, 6.07) is 9.59. The van der Waals surface area contributed by atoms with Gasteiger partial charge in [0.2, 0.25) is 0 Å². The number of anilines is 2. The molecule has 3 rings (SSSR count). The molecule has 6 heteroatoms. The molecule has 0 radical (unpaired) electrons. The highest BCUT2D eigenvalue weighted by Gasteiger charge is 2.17. The molecule has 0 spiro atoms. The molecule has 2 heterocycles. The molecule has 1 aromatic heterocycles. The van der Waals surface area contributed by atoms with E-state index < -0.39 is 0 Å². The summed E-state index contributed by atoms with van der Waals surface area (Å²) >= 11 is 0. The fraction of sp³-hybridized carbons (Fsp3) is 0.333. The van der Waals surface area contributed by atoms with Crippen molar-refractivity contribution in [2.45, 2.75) is 6.54 Å². The number of rotatable bonds is 2. The molecule has 2 aromatic rings. The molecule has 0 saturated heterocycles. The lowest BCUT2D eigenvalue weighted by atomic mass is 10.2. The second kappa shape index (κ2) is 5.12. The van der Waals surface area contributed by atoms with E-state index in [1.807, 2.05) is 24.3 Å². The van der Waals surface area contributed by atoms with Crippen molar-refractivity contribution in [3.63, 3.8) is 0 Å². The van der Waals surface area contributed by atoms with Crippen LogP contribution in [-0.4, -0.2) is 22.2 Å². The minimum atomic E-state index is -0.291. The normalized spacial score (nSPS) is 13.7. The smallest absolute Gasteiger partial charge is 0.330 e. The van der Waals surface area contributed by atoms with Gasteiger partial charge in [0.05, 0.1) is 17.9 Å². The van der Waals surface area contributed by atoms with Crippen molar-refractivity contribution in [2.75, 3.05) is 23.3 Å². The summed E-state index contributed by atoms with van der Waals surface area (Å²) in [7, 11) is 3.19. The van der Waals surface area contributed by atoms with Gasteiger partial charge in [-0.3, -0.25) is 13.9 Å². The van der Waals surface area contributed by atoms with Gasteiger partial charge >= 0.3 is 5.69 Å². The highest BCUT2D eigenvalue weighted by molar-refractivity contribution is 5.71. The third-order valence-electron chi connectivity index (χ3n) is 3.92. The highest BCUT2D eigenvalue weighted by atomic mass is 16.2. The zero-order valence-corrected chi connectivity index (χ0v) is 12.2. The summed E-state index contributed by atoms with van der Waals surface area (Å²) in [5.74, 6) is 0. The molecule has 21 heavy (non-hydrogen) atoms. The van der Waals surface area contributed by atoms with Gasteiger partial charge in [0.1, 0.15) is 0 Å². The molecule has 6 nitrogen and oxygen atoms in total. The van der Waals surface area contributed by atoms with Crippen LogP contribution in [0, 0.1) is 0 Å². The summed E-state index contributed by atoms with van der Waals surface area (Å²) in [5, 5.41) is 3.35. The topological polar surface area (TPSA) is 59.3 Å². The van der Waals surface area contributed by atoms with Crippen LogP contribution in [0.1, 0.15) is 5.69 Å². The van der Waals surface area contributed by atoms with E-state index in [4.69, 9.17) is 0 Å². The maximum Gasteiger partial charge on any atom is 0.330 e. The van der Waals surface area contributed by atoms with Gasteiger partial charge < -0.3 is 10.2 Å². The van der Waals surface area contributed by atoms with Gasteiger partial charge in [-0.05, 0) is 12.1 Å². The lowest BCUT2D eigenvalue weighted by molar-refractivity contribution is 0.633. The predicted octanol–water partition coefficient (Wildman–Crippen LogP) is 0.516. The molecular weight excluding hydrogens is 268 g/mol. The van der Waals surface area contributed by atoms with Crippen LogP contribution < -0.4 is 21.5 Å². The minimum absolute atomic E-state index is 0.267. The number of para-hydroxylation sites is 2. The fourth-order valence-electron chi connectivity index (χ4n) is 2.63. The third-order valence-corrected chi connectivity index (χ3v) is 3.92. The average Bonchev–Trinajstić information content (AvgIpc) is 2.51. The van der Waals surface area contributed by atoms with Crippen LogP contribution in [-0.2, 0) is 20.6 Å². The van der Waals surface area contributed by atoms with Crippen LogP contribution >= 0.6 is 0 Å². The Labute approximate surface area is 122 Å². The molecular formula is C15H18N4O2. The third kappa shape index (κ3) is 2.33. The van der Waals surface area contributed by atoms with E-state index >= 15 is 0 Å². The van der Waals surface area contributed by atoms with Crippen LogP contribution in [0.4, 0.5) is 11.4 Å². The van der Waals surface area contributed by atoms with Crippen molar-refractivity contribution in [3.05, 3.63) is 56.9 Å². The Morgan fingerprint density at radius 1 is 1.14 bits per heavy atom. The van der Waals surface area contributed by atoms with Gasteiger partial charge in [-0.25, -0.2) is 4.79 Å². The van der Waals surface area contributed by atoms with Crippen molar-refractivity contribution in [3.8, 4) is 0 Å². The van der Waals surface area contributed by atoms with Gasteiger partial charge in [0.25, 0.3) is 5.56 Å². The average molecular weight is 286 g/mol. The molecule has 1 aliphatic heterocycles. The van der Waals surface area contributed by atoms with Crippen molar-refractivity contribution in [2.24, 2.45) is 14.1 Å². The maximum atomic E-state index is 12.0. The predicted molar refractivity (Wildman–Crippen MR) is 82.9 cm³/mol. The second-order valence-electron chi connectivity index (χ2n) is 5.24. The van der Waals surface area contributed by atoms with E-state index in [-0.39, 0.29) is 11.2 Å². The molecule has 0 aliphatic carbocycles. The van der Waals surface area contributed by atoms with E-state index in [2.05, 4.69) is 10.2 Å². The first-order valence-corrected chi connectivity index (χ1v) is 6.91. The van der Waals surface area contributed by atoms with Gasteiger partial charge in [-0.15, -0.1) is 0 Å². The minimum Gasteiger partial charge on any atom is -0.382 e. The Bertz CT molecular complexity index is 791. The Morgan fingerprint density at radius 3 is 2.71 bits per heavy atom. The van der Waals surface area contributed by atoms with E-state index in [1.54, 1.807) is 7.05 Å². The van der Waals surface area contributed by atoms with Crippen LogP contribution in [0.5, 0.6) is 0 Å². The van der Waals surface area contributed by atoms with Gasteiger partial charge in [-0.2, -0.15) is 0 Å². The summed E-state index contributed by atoms with van der Waals surface area (Å²) in [6.07, 6.45) is 0. The molecule has 0 bridgehead atoms. The fourth-order valence-corrected chi connectivity index (χ4v) is 2.63. The Kier molecular flexibility index (Phi) is 3.29. The quantitative estimate of drug-likeness (QED) is 0.874. The van der Waals surface area contributed by atoms with Gasteiger partial charge in [-0.1, -0.05) is 12.1 Å². The molecule has 0 atom stereocenters. The zero-order chi connectivity index (χ0) is 15.0. The van der Waals surface area contributed by atoms with Crippen molar-refractivity contribution in [1.82, 2.24) is 9.13 Å². The van der Waals surface area contributed by atoms with Crippen molar-refractivity contribution < 1.29 is 0 Å². The summed E-state index contributed by atoms with van der Waals surface area (Å²) in [4.78, 5) is 26.0. The van der Waals surface area contributed by atoms with E-state index in [0.29, 0.717) is 6.54 Å². The van der Waals surface area contributed by atoms with Gasteiger partial charge in [0, 0.05) is 38.9 Å². The van der Waals surface area contributed by atoms with E-state index in [1.165, 1.54) is 17.7 Å². The van der Waals surface area contributed by atoms with Crippen molar-refractivity contribution >= 4 is 11.4 Å². The monoisotopic (exact) mass is 286 g/mol. The highest BCUT2D eigenvalue weighted by Crippen LogP contribution is 2.29. The first kappa shape index (κ1) is 13.5. The number of hydrogen-bond donors (Lipinski definition) is 1. The van der Waals surface area contributed by atoms with Crippen LogP contribution in [0.3, 0.4) is 0 Å². The summed E-state index contributed by atoms with van der Waals surface area (Å²) < 4.78 is 2.65. The van der Waals surface area contributed by atoms with E-state index in [9.17, 15) is 9.59 Å². The molecule has 110 valence electrons. The molecule has 0 unspecified atom stereocenters. The lowest BCUT2D eigenvalue weighted by Crippen LogP contribution is -2.41. The number of aromatic nitrogens is 2. The Balaban J connectivity index is 1.99. The Hall–Kier alpha value is -2.50. The molecule has 1 N–H and O–H groups in total. The number of nitrogens with zero attached hydrogens (tertiary/aromatic N) is 3. The summed E-state index contributed by atoms with van der Waals surface area (Å²) in [5.41, 5.74) is 2.34. The second-order valence-corrected chi connectivity index (χ2v) is 5.24. The Morgan fingerprint density at radius 2 is 1.90 bits per heavy atom. The molecule has 0 fully saturated rings. The maximum absolute atomic E-state index is 12.0. The SMILES string of the molecule is Cn1c(CN2CCNc3ccccc32)cc(=O)n(C)c1=O.